The molecule has 0 radical (unpaired) electrons. The zero-order chi connectivity index (χ0) is 15.9. The van der Waals surface area contributed by atoms with Gasteiger partial charge in [-0.15, -0.1) is 0 Å². The lowest BCUT2D eigenvalue weighted by Crippen LogP contribution is -2.11. The van der Waals surface area contributed by atoms with Crippen LogP contribution in [0.4, 0.5) is 5.82 Å². The van der Waals surface area contributed by atoms with Gasteiger partial charge in [-0.1, -0.05) is 24.5 Å². The number of unbranched alkanes of at least 4 members (excludes halogenated alkanes) is 3. The number of fused-ring (bicyclic) bond motifs is 1. The Morgan fingerprint density at radius 3 is 2.73 bits per heavy atom. The molecule has 2 aromatic rings. The van der Waals surface area contributed by atoms with Gasteiger partial charge in [-0.3, -0.25) is 0 Å². The fraction of sp³-hybridized carbons (Fsp3) is 0.625. The smallest absolute Gasteiger partial charge is 0.151 e. The maximum Gasteiger partial charge on any atom is 0.151 e. The van der Waals surface area contributed by atoms with Crippen molar-refractivity contribution in [2.45, 2.75) is 52.5 Å². The van der Waals surface area contributed by atoms with E-state index in [-0.39, 0.29) is 0 Å². The van der Waals surface area contributed by atoms with E-state index in [1.54, 1.807) is 6.20 Å². The van der Waals surface area contributed by atoms with E-state index in [9.17, 15) is 4.55 Å². The van der Waals surface area contributed by atoms with Crippen LogP contribution in [0.25, 0.3) is 11.0 Å². The molecule has 0 saturated heterocycles. The SMILES string of the molecule is CCCC[S+]([O-])CCCCCn1cnc2c(N)ncc(C)c21. The molecular formula is C16H26N4OS. The van der Waals surface area contributed by atoms with Gasteiger partial charge in [0.25, 0.3) is 0 Å². The molecule has 0 aliphatic rings. The van der Waals surface area contributed by atoms with Crippen LogP contribution in [0.3, 0.4) is 0 Å². The summed E-state index contributed by atoms with van der Waals surface area (Å²) in [6.45, 7) is 5.09. The lowest BCUT2D eigenvalue weighted by atomic mass is 10.2. The zero-order valence-electron chi connectivity index (χ0n) is 13.5. The highest BCUT2D eigenvalue weighted by Gasteiger charge is 2.09. The van der Waals surface area contributed by atoms with Crippen molar-refractivity contribution in [1.29, 1.82) is 0 Å². The van der Waals surface area contributed by atoms with Crippen molar-refractivity contribution in [3.8, 4) is 0 Å². The molecule has 0 amide bonds. The third-order valence-electron chi connectivity index (χ3n) is 3.85. The van der Waals surface area contributed by atoms with Gasteiger partial charge in [0.05, 0.1) is 11.8 Å². The number of anilines is 1. The zero-order valence-corrected chi connectivity index (χ0v) is 14.4. The van der Waals surface area contributed by atoms with Crippen LogP contribution in [0.1, 0.15) is 44.6 Å². The summed E-state index contributed by atoms with van der Waals surface area (Å²) < 4.78 is 13.9. The highest BCUT2D eigenvalue weighted by molar-refractivity contribution is 7.91. The van der Waals surface area contributed by atoms with Gasteiger partial charge >= 0.3 is 0 Å². The van der Waals surface area contributed by atoms with Crippen LogP contribution in [0.2, 0.25) is 0 Å². The van der Waals surface area contributed by atoms with Gasteiger partial charge in [-0.05, 0) is 38.2 Å². The van der Waals surface area contributed by atoms with E-state index in [2.05, 4.69) is 21.5 Å². The Hall–Kier alpha value is -1.27. The number of nitrogens with two attached hydrogens (primary N) is 1. The van der Waals surface area contributed by atoms with E-state index in [0.717, 1.165) is 66.8 Å². The number of aryl methyl sites for hydroxylation is 2. The number of hydrogen-bond donors (Lipinski definition) is 1. The summed E-state index contributed by atoms with van der Waals surface area (Å²) in [5.41, 5.74) is 8.84. The summed E-state index contributed by atoms with van der Waals surface area (Å²) >= 11 is -0.633. The van der Waals surface area contributed by atoms with Crippen molar-refractivity contribution < 1.29 is 4.55 Å². The monoisotopic (exact) mass is 322 g/mol. The number of pyridine rings is 1. The summed E-state index contributed by atoms with van der Waals surface area (Å²) in [6.07, 6.45) is 9.03. The van der Waals surface area contributed by atoms with Crippen LogP contribution < -0.4 is 5.73 Å². The summed E-state index contributed by atoms with van der Waals surface area (Å²) in [7, 11) is 0. The number of hydrogen-bond acceptors (Lipinski definition) is 4. The molecule has 0 fully saturated rings. The van der Waals surface area contributed by atoms with Crippen molar-refractivity contribution in [3.63, 3.8) is 0 Å². The maximum absolute atomic E-state index is 11.7. The lowest BCUT2D eigenvalue weighted by Gasteiger charge is -2.10. The summed E-state index contributed by atoms with van der Waals surface area (Å²) in [5.74, 6) is 2.18. The molecule has 22 heavy (non-hydrogen) atoms. The van der Waals surface area contributed by atoms with Crippen LogP contribution >= 0.6 is 0 Å². The maximum atomic E-state index is 11.7. The Morgan fingerprint density at radius 1 is 1.18 bits per heavy atom. The summed E-state index contributed by atoms with van der Waals surface area (Å²) in [6, 6.07) is 0. The number of rotatable bonds is 9. The molecule has 0 aromatic carbocycles. The minimum atomic E-state index is -0.633. The summed E-state index contributed by atoms with van der Waals surface area (Å²) in [4.78, 5) is 8.51. The first-order valence-electron chi connectivity index (χ1n) is 8.04. The Balaban J connectivity index is 1.80. The molecule has 0 saturated carbocycles. The first kappa shape index (κ1) is 17.1. The Morgan fingerprint density at radius 2 is 1.95 bits per heavy atom. The van der Waals surface area contributed by atoms with Gasteiger partial charge < -0.3 is 14.9 Å². The molecule has 2 heterocycles. The number of nitrogen functional groups attached to an aromatic ring is 1. The predicted molar refractivity (Wildman–Crippen MR) is 93.3 cm³/mol. The van der Waals surface area contributed by atoms with Crippen molar-refractivity contribution in [1.82, 2.24) is 14.5 Å². The average molecular weight is 322 g/mol. The lowest BCUT2D eigenvalue weighted by molar-refractivity contribution is 0.577. The fourth-order valence-corrected chi connectivity index (χ4v) is 3.91. The highest BCUT2D eigenvalue weighted by Crippen LogP contribution is 2.21. The normalized spacial score (nSPS) is 12.9. The largest absolute Gasteiger partial charge is 0.616 e. The first-order chi connectivity index (χ1) is 10.6. The second-order valence-corrected chi connectivity index (χ2v) is 7.42. The molecule has 5 nitrogen and oxygen atoms in total. The molecule has 0 aliphatic carbocycles. The van der Waals surface area contributed by atoms with Crippen LogP contribution in [0.5, 0.6) is 0 Å². The van der Waals surface area contributed by atoms with Gasteiger partial charge in [0.1, 0.15) is 17.0 Å². The Bertz CT molecular complexity index is 599. The molecule has 0 bridgehead atoms. The number of aromatic nitrogens is 3. The van der Waals surface area contributed by atoms with E-state index in [0.29, 0.717) is 5.82 Å². The van der Waals surface area contributed by atoms with E-state index < -0.39 is 11.2 Å². The molecule has 0 spiro atoms. The first-order valence-corrected chi connectivity index (χ1v) is 9.53. The fourth-order valence-electron chi connectivity index (χ4n) is 2.57. The molecule has 2 rings (SSSR count). The third-order valence-corrected chi connectivity index (χ3v) is 5.34. The molecule has 1 unspecified atom stereocenters. The molecule has 2 aromatic heterocycles. The van der Waals surface area contributed by atoms with Gasteiger partial charge in [0.15, 0.2) is 5.82 Å². The topological polar surface area (TPSA) is 79.8 Å². The third kappa shape index (κ3) is 4.36. The van der Waals surface area contributed by atoms with Crippen molar-refractivity contribution in [2.75, 3.05) is 17.2 Å². The second-order valence-electron chi connectivity index (χ2n) is 5.72. The van der Waals surface area contributed by atoms with Gasteiger partial charge in [-0.25, -0.2) is 9.97 Å². The quantitative estimate of drug-likeness (QED) is 0.568. The number of nitrogens with zero attached hydrogens (tertiary/aromatic N) is 3. The molecular weight excluding hydrogens is 296 g/mol. The van der Waals surface area contributed by atoms with Crippen LogP contribution in [0.15, 0.2) is 12.5 Å². The average Bonchev–Trinajstić information content (AvgIpc) is 2.94. The van der Waals surface area contributed by atoms with Crippen LogP contribution in [-0.2, 0) is 17.7 Å². The number of imidazole rings is 1. The second kappa shape index (κ2) is 8.39. The Kier molecular flexibility index (Phi) is 6.51. The van der Waals surface area contributed by atoms with Gasteiger partial charge in [0.2, 0.25) is 0 Å². The van der Waals surface area contributed by atoms with Crippen molar-refractivity contribution in [2.24, 2.45) is 0 Å². The Labute approximate surface area is 135 Å². The molecule has 122 valence electrons. The minimum absolute atomic E-state index is 0.491. The van der Waals surface area contributed by atoms with E-state index in [1.807, 2.05) is 13.3 Å². The van der Waals surface area contributed by atoms with Gasteiger partial charge in [-0.2, -0.15) is 0 Å². The predicted octanol–water partition coefficient (Wildman–Crippen LogP) is 3.04. The van der Waals surface area contributed by atoms with E-state index >= 15 is 0 Å². The standard InChI is InChI=1S/C16H26N4OS/c1-3-4-9-22(21)10-7-5-6-8-20-12-19-14-15(20)13(2)11-18-16(14)17/h11-12H,3-10H2,1-2H3,(H2,17,18). The van der Waals surface area contributed by atoms with Crippen LogP contribution in [-0.4, -0.2) is 30.6 Å². The van der Waals surface area contributed by atoms with Crippen LogP contribution in [0, 0.1) is 6.92 Å². The van der Waals surface area contributed by atoms with Crippen molar-refractivity contribution in [3.05, 3.63) is 18.1 Å². The molecule has 0 aliphatic heterocycles. The minimum Gasteiger partial charge on any atom is -0.616 e. The highest BCUT2D eigenvalue weighted by atomic mass is 32.2. The molecule has 6 heteroatoms. The summed E-state index contributed by atoms with van der Waals surface area (Å²) in [5, 5.41) is 0. The molecule has 2 N–H and O–H groups in total. The van der Waals surface area contributed by atoms with Gasteiger partial charge in [0, 0.05) is 12.7 Å². The van der Waals surface area contributed by atoms with Crippen molar-refractivity contribution >= 4 is 28.0 Å². The molecule has 1 atom stereocenters. The van der Waals surface area contributed by atoms with E-state index in [4.69, 9.17) is 5.73 Å². The van der Waals surface area contributed by atoms with E-state index in [1.165, 1.54) is 0 Å².